The lowest BCUT2D eigenvalue weighted by Crippen LogP contribution is -2.12. The zero-order valence-electron chi connectivity index (χ0n) is 13.9. The van der Waals surface area contributed by atoms with Crippen LogP contribution in [-0.4, -0.2) is 23.6 Å². The van der Waals surface area contributed by atoms with Gasteiger partial charge >= 0.3 is 0 Å². The van der Waals surface area contributed by atoms with Crippen molar-refractivity contribution in [2.75, 3.05) is 23.8 Å². The van der Waals surface area contributed by atoms with E-state index in [0.717, 1.165) is 36.7 Å². The monoisotopic (exact) mass is 318 g/mol. The first-order valence-corrected chi connectivity index (χ1v) is 8.21. The van der Waals surface area contributed by atoms with Crippen molar-refractivity contribution >= 4 is 17.3 Å². The zero-order valence-corrected chi connectivity index (χ0v) is 13.9. The van der Waals surface area contributed by atoms with E-state index in [-0.39, 0.29) is 0 Å². The molecule has 0 saturated heterocycles. The van der Waals surface area contributed by atoms with Gasteiger partial charge in [-0.15, -0.1) is 0 Å². The Balaban J connectivity index is 1.55. The van der Waals surface area contributed by atoms with Crippen molar-refractivity contribution < 1.29 is 0 Å². The predicted octanol–water partition coefficient (Wildman–Crippen LogP) is 4.29. The van der Waals surface area contributed by atoms with Gasteiger partial charge in [-0.3, -0.25) is 0 Å². The SMILES string of the molecule is CN(c1ccccc1)c1cc(NCCCc2ccccc2)ncn1. The minimum absolute atomic E-state index is 0.857. The van der Waals surface area contributed by atoms with E-state index in [1.54, 1.807) is 6.33 Å². The number of anilines is 3. The van der Waals surface area contributed by atoms with Crippen molar-refractivity contribution in [1.82, 2.24) is 9.97 Å². The van der Waals surface area contributed by atoms with Crippen molar-refractivity contribution in [3.8, 4) is 0 Å². The summed E-state index contributed by atoms with van der Waals surface area (Å²) in [5.74, 6) is 1.73. The number of aryl methyl sites for hydroxylation is 1. The van der Waals surface area contributed by atoms with Crippen molar-refractivity contribution in [2.45, 2.75) is 12.8 Å². The summed E-state index contributed by atoms with van der Waals surface area (Å²) >= 11 is 0. The topological polar surface area (TPSA) is 41.0 Å². The number of benzene rings is 2. The van der Waals surface area contributed by atoms with Gasteiger partial charge in [0, 0.05) is 25.3 Å². The molecule has 1 heterocycles. The van der Waals surface area contributed by atoms with Crippen LogP contribution in [0.25, 0.3) is 0 Å². The molecule has 3 rings (SSSR count). The van der Waals surface area contributed by atoms with Crippen molar-refractivity contribution in [3.05, 3.63) is 78.6 Å². The standard InChI is InChI=1S/C20H22N4/c1-24(18-12-6-3-7-13-18)20-15-19(22-16-23-20)21-14-8-11-17-9-4-2-5-10-17/h2-7,9-10,12-13,15-16H,8,11,14H2,1H3,(H,21,22,23). The van der Waals surface area contributed by atoms with Crippen molar-refractivity contribution in [1.29, 1.82) is 0 Å². The first-order chi connectivity index (χ1) is 11.8. The molecule has 0 aliphatic rings. The molecule has 0 fully saturated rings. The van der Waals surface area contributed by atoms with E-state index in [1.807, 2.05) is 37.4 Å². The molecule has 0 aliphatic carbocycles. The Morgan fingerprint density at radius 2 is 1.62 bits per heavy atom. The van der Waals surface area contributed by atoms with E-state index in [2.05, 4.69) is 56.6 Å². The first-order valence-electron chi connectivity index (χ1n) is 8.21. The predicted molar refractivity (Wildman–Crippen MR) is 99.8 cm³/mol. The molecular formula is C20H22N4. The minimum atomic E-state index is 0.857. The van der Waals surface area contributed by atoms with Crippen LogP contribution < -0.4 is 10.2 Å². The molecule has 0 unspecified atom stereocenters. The molecule has 1 aromatic heterocycles. The second kappa shape index (κ2) is 8.11. The van der Waals surface area contributed by atoms with Gasteiger partial charge in [-0.05, 0) is 30.5 Å². The fraction of sp³-hybridized carbons (Fsp3) is 0.200. The van der Waals surface area contributed by atoms with Crippen molar-refractivity contribution in [3.63, 3.8) is 0 Å². The summed E-state index contributed by atoms with van der Waals surface area (Å²) in [6, 6.07) is 22.7. The van der Waals surface area contributed by atoms with E-state index in [9.17, 15) is 0 Å². The molecule has 2 aromatic carbocycles. The normalized spacial score (nSPS) is 10.4. The molecule has 1 N–H and O–H groups in total. The molecule has 0 aliphatic heterocycles. The highest BCUT2D eigenvalue weighted by Crippen LogP contribution is 2.22. The lowest BCUT2D eigenvalue weighted by Gasteiger charge is -2.18. The summed E-state index contributed by atoms with van der Waals surface area (Å²) in [6.07, 6.45) is 3.74. The third kappa shape index (κ3) is 4.32. The molecule has 24 heavy (non-hydrogen) atoms. The van der Waals surface area contributed by atoms with Gasteiger partial charge in [-0.25, -0.2) is 9.97 Å². The molecule has 0 spiro atoms. The fourth-order valence-electron chi connectivity index (χ4n) is 2.56. The largest absolute Gasteiger partial charge is 0.370 e. The van der Waals surface area contributed by atoms with Gasteiger partial charge in [0.25, 0.3) is 0 Å². The highest BCUT2D eigenvalue weighted by atomic mass is 15.2. The second-order valence-electron chi connectivity index (χ2n) is 5.67. The van der Waals surface area contributed by atoms with Crippen LogP contribution in [0, 0.1) is 0 Å². The molecule has 0 atom stereocenters. The number of para-hydroxylation sites is 1. The van der Waals surface area contributed by atoms with E-state index >= 15 is 0 Å². The lowest BCUT2D eigenvalue weighted by atomic mass is 10.1. The van der Waals surface area contributed by atoms with Crippen LogP contribution in [0.1, 0.15) is 12.0 Å². The Labute approximate surface area is 143 Å². The summed E-state index contributed by atoms with van der Waals surface area (Å²) in [5, 5.41) is 3.38. The third-order valence-electron chi connectivity index (χ3n) is 3.93. The van der Waals surface area contributed by atoms with Crippen LogP contribution in [0.2, 0.25) is 0 Å². The average Bonchev–Trinajstić information content (AvgIpc) is 2.66. The smallest absolute Gasteiger partial charge is 0.138 e. The summed E-state index contributed by atoms with van der Waals surface area (Å²) in [4.78, 5) is 10.7. The molecule has 0 radical (unpaired) electrons. The maximum absolute atomic E-state index is 4.37. The van der Waals surface area contributed by atoms with Gasteiger partial charge in [0.2, 0.25) is 0 Å². The maximum Gasteiger partial charge on any atom is 0.138 e. The van der Waals surface area contributed by atoms with Gasteiger partial charge in [0.05, 0.1) is 0 Å². The van der Waals surface area contributed by atoms with Crippen LogP contribution in [0.3, 0.4) is 0 Å². The minimum Gasteiger partial charge on any atom is -0.370 e. The van der Waals surface area contributed by atoms with Gasteiger partial charge in [0.1, 0.15) is 18.0 Å². The number of hydrogen-bond donors (Lipinski definition) is 1. The third-order valence-corrected chi connectivity index (χ3v) is 3.93. The summed E-state index contributed by atoms with van der Waals surface area (Å²) in [5.41, 5.74) is 2.47. The summed E-state index contributed by atoms with van der Waals surface area (Å²) < 4.78 is 0. The van der Waals surface area contributed by atoms with E-state index in [4.69, 9.17) is 0 Å². The molecule has 0 amide bonds. The Hall–Kier alpha value is -2.88. The van der Waals surface area contributed by atoms with Crippen LogP contribution in [0.5, 0.6) is 0 Å². The Bertz CT molecular complexity index is 744. The summed E-state index contributed by atoms with van der Waals surface area (Å²) in [7, 11) is 2.01. The number of rotatable bonds is 7. The highest BCUT2D eigenvalue weighted by Gasteiger charge is 2.06. The van der Waals surface area contributed by atoms with E-state index in [1.165, 1.54) is 5.56 Å². The molecule has 3 aromatic rings. The van der Waals surface area contributed by atoms with Gasteiger partial charge in [0.15, 0.2) is 0 Å². The van der Waals surface area contributed by atoms with Gasteiger partial charge in [-0.2, -0.15) is 0 Å². The maximum atomic E-state index is 4.37. The number of nitrogens with zero attached hydrogens (tertiary/aromatic N) is 3. The first kappa shape index (κ1) is 16.0. The molecule has 0 bridgehead atoms. The zero-order chi connectivity index (χ0) is 16.6. The molecule has 0 saturated carbocycles. The van der Waals surface area contributed by atoms with Gasteiger partial charge in [-0.1, -0.05) is 48.5 Å². The second-order valence-corrected chi connectivity index (χ2v) is 5.67. The molecule has 4 nitrogen and oxygen atoms in total. The number of nitrogens with one attached hydrogen (secondary N) is 1. The molecule has 4 heteroatoms. The molecule has 122 valence electrons. The summed E-state index contributed by atoms with van der Waals surface area (Å²) in [6.45, 7) is 0.889. The lowest BCUT2D eigenvalue weighted by molar-refractivity contribution is 0.857. The van der Waals surface area contributed by atoms with Crippen LogP contribution in [-0.2, 0) is 6.42 Å². The van der Waals surface area contributed by atoms with Gasteiger partial charge < -0.3 is 10.2 Å². The van der Waals surface area contributed by atoms with E-state index < -0.39 is 0 Å². The highest BCUT2D eigenvalue weighted by molar-refractivity contribution is 5.61. The van der Waals surface area contributed by atoms with Crippen LogP contribution >= 0.6 is 0 Å². The van der Waals surface area contributed by atoms with E-state index in [0.29, 0.717) is 0 Å². The average molecular weight is 318 g/mol. The molecular weight excluding hydrogens is 296 g/mol. The van der Waals surface area contributed by atoms with Crippen molar-refractivity contribution in [2.24, 2.45) is 0 Å². The number of aromatic nitrogens is 2. The Morgan fingerprint density at radius 1 is 0.917 bits per heavy atom. The Morgan fingerprint density at radius 3 is 2.38 bits per heavy atom. The Kier molecular flexibility index (Phi) is 5.40. The quantitative estimate of drug-likeness (QED) is 0.660. The van der Waals surface area contributed by atoms with Crippen LogP contribution in [0.4, 0.5) is 17.3 Å². The van der Waals surface area contributed by atoms with Crippen LogP contribution in [0.15, 0.2) is 73.1 Å². The fourth-order valence-corrected chi connectivity index (χ4v) is 2.56. The number of hydrogen-bond acceptors (Lipinski definition) is 4.